The van der Waals surface area contributed by atoms with Gasteiger partial charge in [0.05, 0.1) is 24.5 Å². The SMILES string of the molecule is CN(CC(=O)N1c2ccccc2CCc2ccccc21)Cc1ncnn1CC(F)F. The predicted molar refractivity (Wildman–Crippen MR) is 110 cm³/mol. The Balaban J connectivity index is 1.57. The summed E-state index contributed by atoms with van der Waals surface area (Å²) in [6.07, 6.45) is 0.476. The zero-order valence-corrected chi connectivity index (χ0v) is 16.7. The molecule has 30 heavy (non-hydrogen) atoms. The highest BCUT2D eigenvalue weighted by Gasteiger charge is 2.26. The molecule has 3 aromatic rings. The molecule has 0 fully saturated rings. The van der Waals surface area contributed by atoms with Crippen molar-refractivity contribution in [1.82, 2.24) is 19.7 Å². The normalized spacial score (nSPS) is 13.3. The van der Waals surface area contributed by atoms with E-state index in [1.165, 1.54) is 11.0 Å². The predicted octanol–water partition coefficient (Wildman–Crippen LogP) is 3.44. The van der Waals surface area contributed by atoms with Crippen molar-refractivity contribution in [3.8, 4) is 0 Å². The zero-order valence-electron chi connectivity index (χ0n) is 16.7. The van der Waals surface area contributed by atoms with E-state index in [2.05, 4.69) is 22.2 Å². The number of hydrogen-bond donors (Lipinski definition) is 0. The number of carbonyl (C=O) groups excluding carboxylic acids is 1. The summed E-state index contributed by atoms with van der Waals surface area (Å²) in [7, 11) is 1.77. The monoisotopic (exact) mass is 411 g/mol. The minimum absolute atomic E-state index is 0.0841. The van der Waals surface area contributed by atoms with E-state index >= 15 is 0 Å². The molecule has 1 amide bonds. The molecule has 0 spiro atoms. The first kappa shape index (κ1) is 20.2. The second kappa shape index (κ2) is 8.71. The number of halogens is 2. The zero-order chi connectivity index (χ0) is 21.1. The average molecular weight is 411 g/mol. The number of amides is 1. The Kier molecular flexibility index (Phi) is 5.85. The van der Waals surface area contributed by atoms with Crippen molar-refractivity contribution in [3.05, 3.63) is 71.8 Å². The molecular formula is C22H23F2N5O. The summed E-state index contributed by atoms with van der Waals surface area (Å²) in [4.78, 5) is 21.0. The van der Waals surface area contributed by atoms with Gasteiger partial charge in [0, 0.05) is 0 Å². The van der Waals surface area contributed by atoms with Crippen LogP contribution in [0.25, 0.3) is 0 Å². The number of para-hydroxylation sites is 2. The van der Waals surface area contributed by atoms with Gasteiger partial charge in [0.25, 0.3) is 6.43 Å². The van der Waals surface area contributed by atoms with Crippen molar-refractivity contribution < 1.29 is 13.6 Å². The highest BCUT2D eigenvalue weighted by atomic mass is 19.3. The third kappa shape index (κ3) is 4.23. The van der Waals surface area contributed by atoms with Gasteiger partial charge in [-0.2, -0.15) is 5.10 Å². The lowest BCUT2D eigenvalue weighted by Gasteiger charge is -2.27. The first-order valence-corrected chi connectivity index (χ1v) is 9.85. The molecule has 0 N–H and O–H groups in total. The van der Waals surface area contributed by atoms with Crippen molar-refractivity contribution in [2.45, 2.75) is 32.4 Å². The van der Waals surface area contributed by atoms with Crippen molar-refractivity contribution in [2.75, 3.05) is 18.5 Å². The highest BCUT2D eigenvalue weighted by Crippen LogP contribution is 2.36. The van der Waals surface area contributed by atoms with Crippen LogP contribution in [0.3, 0.4) is 0 Å². The van der Waals surface area contributed by atoms with E-state index in [4.69, 9.17) is 0 Å². The molecule has 0 saturated heterocycles. The summed E-state index contributed by atoms with van der Waals surface area (Å²) < 4.78 is 26.6. The maximum atomic E-state index is 13.4. The summed E-state index contributed by atoms with van der Waals surface area (Å²) in [5, 5.41) is 3.85. The molecule has 2 aromatic carbocycles. The lowest BCUT2D eigenvalue weighted by atomic mass is 10.0. The summed E-state index contributed by atoms with van der Waals surface area (Å²) in [6, 6.07) is 15.9. The molecule has 1 aliphatic rings. The van der Waals surface area contributed by atoms with Crippen LogP contribution in [0, 0.1) is 0 Å². The number of rotatable bonds is 6. The van der Waals surface area contributed by atoms with E-state index in [-0.39, 0.29) is 19.0 Å². The maximum Gasteiger partial charge on any atom is 0.257 e. The number of hydrogen-bond acceptors (Lipinski definition) is 4. The molecule has 0 unspecified atom stereocenters. The van der Waals surface area contributed by atoms with E-state index < -0.39 is 13.0 Å². The Morgan fingerprint density at radius 2 is 1.67 bits per heavy atom. The molecule has 0 bridgehead atoms. The van der Waals surface area contributed by atoms with Crippen LogP contribution in [0.4, 0.5) is 20.2 Å². The summed E-state index contributed by atoms with van der Waals surface area (Å²) >= 11 is 0. The number of aryl methyl sites for hydroxylation is 2. The highest BCUT2D eigenvalue weighted by molar-refractivity contribution is 6.03. The average Bonchev–Trinajstić information content (AvgIpc) is 3.05. The number of likely N-dealkylation sites (N-methyl/N-ethyl adjacent to an activating group) is 1. The lowest BCUT2D eigenvalue weighted by molar-refractivity contribution is -0.118. The first-order chi connectivity index (χ1) is 14.5. The smallest absolute Gasteiger partial charge is 0.257 e. The van der Waals surface area contributed by atoms with Gasteiger partial charge >= 0.3 is 0 Å². The number of fused-ring (bicyclic) bond motifs is 2. The Morgan fingerprint density at radius 3 is 2.27 bits per heavy atom. The number of carbonyl (C=O) groups is 1. The minimum atomic E-state index is -2.51. The van der Waals surface area contributed by atoms with Crippen molar-refractivity contribution in [2.24, 2.45) is 0 Å². The minimum Gasteiger partial charge on any atom is -0.290 e. The quantitative estimate of drug-likeness (QED) is 0.624. The Labute approximate surface area is 173 Å². The maximum absolute atomic E-state index is 13.4. The summed E-state index contributed by atoms with van der Waals surface area (Å²) in [6.45, 7) is -0.149. The molecule has 1 aromatic heterocycles. The van der Waals surface area contributed by atoms with Gasteiger partial charge in [-0.1, -0.05) is 36.4 Å². The molecule has 6 nitrogen and oxygen atoms in total. The first-order valence-electron chi connectivity index (χ1n) is 9.85. The van der Waals surface area contributed by atoms with Crippen LogP contribution in [-0.4, -0.2) is 45.6 Å². The molecular weight excluding hydrogens is 388 g/mol. The lowest BCUT2D eigenvalue weighted by Crippen LogP contribution is -2.37. The molecule has 2 heterocycles. The van der Waals surface area contributed by atoms with Crippen LogP contribution >= 0.6 is 0 Å². The Hall–Kier alpha value is -3.13. The van der Waals surface area contributed by atoms with Gasteiger partial charge in [-0.25, -0.2) is 18.4 Å². The molecule has 0 aliphatic carbocycles. The Morgan fingerprint density at radius 1 is 1.07 bits per heavy atom. The standard InChI is InChI=1S/C22H23F2N5O/c1-27(13-21-25-15-26-28(21)12-20(23)24)14-22(30)29-18-8-4-2-6-16(18)10-11-17-7-3-5-9-19(17)29/h2-9,15,20H,10-14H2,1H3. The molecule has 8 heteroatoms. The molecule has 0 radical (unpaired) electrons. The van der Waals surface area contributed by atoms with Gasteiger partial charge in [-0.05, 0) is 43.1 Å². The largest absolute Gasteiger partial charge is 0.290 e. The van der Waals surface area contributed by atoms with E-state index in [0.717, 1.165) is 35.3 Å². The fraction of sp³-hybridized carbons (Fsp3) is 0.318. The van der Waals surface area contributed by atoms with Gasteiger partial charge < -0.3 is 0 Å². The fourth-order valence-corrected chi connectivity index (χ4v) is 3.84. The molecule has 0 atom stereocenters. The molecule has 1 aliphatic heterocycles. The third-order valence-corrected chi connectivity index (χ3v) is 5.20. The second-order valence-corrected chi connectivity index (χ2v) is 7.41. The number of anilines is 2. The van der Waals surface area contributed by atoms with Gasteiger partial charge in [-0.3, -0.25) is 14.6 Å². The summed E-state index contributed by atoms with van der Waals surface area (Å²) in [5.41, 5.74) is 4.03. The van der Waals surface area contributed by atoms with Crippen molar-refractivity contribution in [1.29, 1.82) is 0 Å². The van der Waals surface area contributed by atoms with Crippen LogP contribution in [0.15, 0.2) is 54.9 Å². The van der Waals surface area contributed by atoms with Crippen LogP contribution in [0.5, 0.6) is 0 Å². The van der Waals surface area contributed by atoms with Gasteiger partial charge in [-0.15, -0.1) is 0 Å². The topological polar surface area (TPSA) is 54.3 Å². The molecule has 4 rings (SSSR count). The van der Waals surface area contributed by atoms with Crippen molar-refractivity contribution >= 4 is 17.3 Å². The van der Waals surface area contributed by atoms with Gasteiger partial charge in [0.15, 0.2) is 0 Å². The summed E-state index contributed by atoms with van der Waals surface area (Å²) in [5.74, 6) is 0.321. The molecule has 156 valence electrons. The number of nitrogens with zero attached hydrogens (tertiary/aromatic N) is 5. The van der Waals surface area contributed by atoms with E-state index in [1.54, 1.807) is 16.8 Å². The molecule has 0 saturated carbocycles. The van der Waals surface area contributed by atoms with E-state index in [0.29, 0.717) is 5.82 Å². The van der Waals surface area contributed by atoms with Gasteiger partial charge in [0.1, 0.15) is 18.7 Å². The number of aromatic nitrogens is 3. The van der Waals surface area contributed by atoms with Crippen LogP contribution in [-0.2, 0) is 30.7 Å². The van der Waals surface area contributed by atoms with Crippen molar-refractivity contribution in [3.63, 3.8) is 0 Å². The van der Waals surface area contributed by atoms with E-state index in [1.807, 2.05) is 36.4 Å². The third-order valence-electron chi connectivity index (χ3n) is 5.20. The van der Waals surface area contributed by atoms with Gasteiger partial charge in [0.2, 0.25) is 5.91 Å². The van der Waals surface area contributed by atoms with Crippen LogP contribution < -0.4 is 4.90 Å². The Bertz CT molecular complexity index is 988. The van der Waals surface area contributed by atoms with Crippen LogP contribution in [0.1, 0.15) is 17.0 Å². The number of benzene rings is 2. The second-order valence-electron chi connectivity index (χ2n) is 7.41. The van der Waals surface area contributed by atoms with E-state index in [9.17, 15) is 13.6 Å². The number of alkyl halides is 2. The van der Waals surface area contributed by atoms with Crippen LogP contribution in [0.2, 0.25) is 0 Å². The fourth-order valence-electron chi connectivity index (χ4n) is 3.84.